The molecule has 1 aromatic heterocycles. The molecule has 0 aromatic carbocycles. The van der Waals surface area contributed by atoms with E-state index in [0.717, 1.165) is 25.2 Å². The molecule has 2 atom stereocenters. The first kappa shape index (κ1) is 14.8. The highest BCUT2D eigenvalue weighted by atomic mass is 16.2. The van der Waals surface area contributed by atoms with Gasteiger partial charge in [-0.25, -0.2) is 4.98 Å². The van der Waals surface area contributed by atoms with Crippen molar-refractivity contribution in [3.8, 4) is 0 Å². The van der Waals surface area contributed by atoms with Crippen molar-refractivity contribution in [2.45, 2.75) is 26.3 Å². The van der Waals surface area contributed by atoms with Crippen molar-refractivity contribution < 1.29 is 4.79 Å². The van der Waals surface area contributed by atoms with Crippen LogP contribution in [-0.4, -0.2) is 53.9 Å². The van der Waals surface area contributed by atoms with Crippen LogP contribution >= 0.6 is 0 Å². The van der Waals surface area contributed by atoms with Gasteiger partial charge in [0.15, 0.2) is 0 Å². The highest BCUT2D eigenvalue weighted by Gasteiger charge is 2.34. The van der Waals surface area contributed by atoms with Crippen molar-refractivity contribution in [3.05, 3.63) is 23.4 Å². The molecule has 2 heterocycles. The van der Waals surface area contributed by atoms with E-state index in [0.29, 0.717) is 23.3 Å². The second-order valence-corrected chi connectivity index (χ2v) is 5.84. The van der Waals surface area contributed by atoms with E-state index in [4.69, 9.17) is 5.73 Å². The molecular formula is C15H24N4O. The SMILES string of the molecule is CCc1cc(C(=O)N2CC(C)C(N(C)C)C2)cc(N)n1. The standard InChI is InChI=1S/C15H24N4O/c1-5-12-6-11(7-14(16)17-12)15(20)19-8-10(2)13(9-19)18(3)4/h6-7,10,13H,5,8-9H2,1-4H3,(H2,16,17). The maximum Gasteiger partial charge on any atom is 0.254 e. The Labute approximate surface area is 120 Å². The van der Waals surface area contributed by atoms with Crippen molar-refractivity contribution >= 4 is 11.7 Å². The molecule has 1 fully saturated rings. The normalized spacial score (nSPS) is 22.6. The number of nitrogens with zero attached hydrogens (tertiary/aromatic N) is 3. The predicted molar refractivity (Wildman–Crippen MR) is 80.6 cm³/mol. The number of carbonyl (C=O) groups excluding carboxylic acids is 1. The Bertz CT molecular complexity index is 501. The first-order valence-electron chi connectivity index (χ1n) is 7.14. The summed E-state index contributed by atoms with van der Waals surface area (Å²) in [7, 11) is 4.13. The lowest BCUT2D eigenvalue weighted by molar-refractivity contribution is 0.0781. The van der Waals surface area contributed by atoms with E-state index in [2.05, 4.69) is 30.9 Å². The van der Waals surface area contributed by atoms with Gasteiger partial charge in [-0.2, -0.15) is 0 Å². The molecule has 2 N–H and O–H groups in total. The Hall–Kier alpha value is -1.62. The Balaban J connectivity index is 2.18. The maximum absolute atomic E-state index is 12.6. The lowest BCUT2D eigenvalue weighted by atomic mass is 10.1. The van der Waals surface area contributed by atoms with E-state index in [1.807, 2.05) is 17.9 Å². The van der Waals surface area contributed by atoms with E-state index in [9.17, 15) is 4.79 Å². The molecule has 20 heavy (non-hydrogen) atoms. The molecule has 1 amide bonds. The Kier molecular flexibility index (Phi) is 4.28. The van der Waals surface area contributed by atoms with Gasteiger partial charge in [-0.05, 0) is 38.6 Å². The van der Waals surface area contributed by atoms with Gasteiger partial charge in [0.1, 0.15) is 5.82 Å². The van der Waals surface area contributed by atoms with Gasteiger partial charge < -0.3 is 15.5 Å². The number of likely N-dealkylation sites (tertiary alicyclic amines) is 1. The van der Waals surface area contributed by atoms with Crippen LogP contribution in [0.5, 0.6) is 0 Å². The van der Waals surface area contributed by atoms with E-state index in [1.165, 1.54) is 0 Å². The molecule has 2 unspecified atom stereocenters. The summed E-state index contributed by atoms with van der Waals surface area (Å²) in [4.78, 5) is 20.9. The number of carbonyl (C=O) groups is 1. The third-order valence-corrected chi connectivity index (χ3v) is 4.03. The molecule has 0 saturated carbocycles. The molecule has 0 bridgehead atoms. The third kappa shape index (κ3) is 2.93. The minimum atomic E-state index is 0.0602. The number of likely N-dealkylation sites (N-methyl/N-ethyl adjacent to an activating group) is 1. The number of hydrogen-bond donors (Lipinski definition) is 1. The van der Waals surface area contributed by atoms with Crippen LogP contribution in [0.25, 0.3) is 0 Å². The Morgan fingerprint density at radius 3 is 2.70 bits per heavy atom. The van der Waals surface area contributed by atoms with Crippen LogP contribution in [0, 0.1) is 5.92 Å². The minimum absolute atomic E-state index is 0.0602. The first-order chi connectivity index (χ1) is 9.42. The first-order valence-corrected chi connectivity index (χ1v) is 7.14. The zero-order valence-corrected chi connectivity index (χ0v) is 12.8. The number of anilines is 1. The maximum atomic E-state index is 12.6. The number of aryl methyl sites for hydroxylation is 1. The summed E-state index contributed by atoms with van der Waals surface area (Å²) in [6.45, 7) is 5.77. The molecule has 0 spiro atoms. The van der Waals surface area contributed by atoms with Gasteiger partial charge >= 0.3 is 0 Å². The molecule has 0 radical (unpaired) electrons. The molecule has 2 rings (SSSR count). The van der Waals surface area contributed by atoms with Crippen LogP contribution in [0.4, 0.5) is 5.82 Å². The summed E-state index contributed by atoms with van der Waals surface area (Å²) < 4.78 is 0. The summed E-state index contributed by atoms with van der Waals surface area (Å²) >= 11 is 0. The summed E-state index contributed by atoms with van der Waals surface area (Å²) in [5.41, 5.74) is 7.30. The average Bonchev–Trinajstić information content (AvgIpc) is 2.79. The lowest BCUT2D eigenvalue weighted by Gasteiger charge is -2.22. The number of hydrogen-bond acceptors (Lipinski definition) is 4. The van der Waals surface area contributed by atoms with E-state index in [1.54, 1.807) is 6.07 Å². The van der Waals surface area contributed by atoms with Crippen molar-refractivity contribution in [1.29, 1.82) is 0 Å². The summed E-state index contributed by atoms with van der Waals surface area (Å²) in [5, 5.41) is 0. The van der Waals surface area contributed by atoms with Crippen molar-refractivity contribution in [3.63, 3.8) is 0 Å². The molecule has 1 aromatic rings. The number of rotatable bonds is 3. The number of aromatic nitrogens is 1. The van der Waals surface area contributed by atoms with E-state index in [-0.39, 0.29) is 5.91 Å². The molecule has 5 heteroatoms. The molecule has 1 aliphatic heterocycles. The average molecular weight is 276 g/mol. The number of nitrogen functional groups attached to an aromatic ring is 1. The van der Waals surface area contributed by atoms with Gasteiger partial charge in [-0.15, -0.1) is 0 Å². The molecule has 110 valence electrons. The predicted octanol–water partition coefficient (Wildman–Crippen LogP) is 1.25. The quantitative estimate of drug-likeness (QED) is 0.902. The fourth-order valence-electron chi connectivity index (χ4n) is 2.89. The van der Waals surface area contributed by atoms with Crippen LogP contribution in [-0.2, 0) is 6.42 Å². The van der Waals surface area contributed by atoms with Gasteiger partial charge in [0.2, 0.25) is 0 Å². The minimum Gasteiger partial charge on any atom is -0.384 e. The Morgan fingerprint density at radius 2 is 2.15 bits per heavy atom. The monoisotopic (exact) mass is 276 g/mol. The summed E-state index contributed by atoms with van der Waals surface area (Å²) in [5.74, 6) is 0.966. The largest absolute Gasteiger partial charge is 0.384 e. The zero-order valence-electron chi connectivity index (χ0n) is 12.8. The molecule has 5 nitrogen and oxygen atoms in total. The smallest absolute Gasteiger partial charge is 0.254 e. The van der Waals surface area contributed by atoms with Crippen LogP contribution in [0.2, 0.25) is 0 Å². The molecule has 1 aliphatic rings. The van der Waals surface area contributed by atoms with Crippen LogP contribution in [0.3, 0.4) is 0 Å². The van der Waals surface area contributed by atoms with Gasteiger partial charge in [-0.1, -0.05) is 13.8 Å². The van der Waals surface area contributed by atoms with E-state index < -0.39 is 0 Å². The van der Waals surface area contributed by atoms with Crippen molar-refractivity contribution in [1.82, 2.24) is 14.8 Å². The second-order valence-electron chi connectivity index (χ2n) is 5.84. The Morgan fingerprint density at radius 1 is 1.45 bits per heavy atom. The summed E-state index contributed by atoms with van der Waals surface area (Å²) in [6.07, 6.45) is 0.780. The van der Waals surface area contributed by atoms with Gasteiger partial charge in [0, 0.05) is 30.4 Å². The second kappa shape index (κ2) is 5.79. The molecular weight excluding hydrogens is 252 g/mol. The molecule has 0 aliphatic carbocycles. The number of amides is 1. The van der Waals surface area contributed by atoms with Crippen molar-refractivity contribution in [2.24, 2.45) is 5.92 Å². The molecule has 1 saturated heterocycles. The number of nitrogens with two attached hydrogens (primary N) is 1. The van der Waals surface area contributed by atoms with Gasteiger partial charge in [0.05, 0.1) is 0 Å². The highest BCUT2D eigenvalue weighted by Crippen LogP contribution is 2.22. The third-order valence-electron chi connectivity index (χ3n) is 4.03. The van der Waals surface area contributed by atoms with Crippen molar-refractivity contribution in [2.75, 3.05) is 32.9 Å². The zero-order chi connectivity index (χ0) is 14.9. The van der Waals surface area contributed by atoms with Crippen LogP contribution in [0.15, 0.2) is 12.1 Å². The van der Waals surface area contributed by atoms with Gasteiger partial charge in [-0.3, -0.25) is 4.79 Å². The fourth-order valence-corrected chi connectivity index (χ4v) is 2.89. The van der Waals surface area contributed by atoms with Crippen LogP contribution in [0.1, 0.15) is 29.9 Å². The topological polar surface area (TPSA) is 62.5 Å². The van der Waals surface area contributed by atoms with E-state index >= 15 is 0 Å². The van der Waals surface area contributed by atoms with Gasteiger partial charge in [0.25, 0.3) is 5.91 Å². The van der Waals surface area contributed by atoms with Crippen LogP contribution < -0.4 is 5.73 Å². The lowest BCUT2D eigenvalue weighted by Crippen LogP contribution is -2.35. The fraction of sp³-hybridized carbons (Fsp3) is 0.600. The number of pyridine rings is 1. The highest BCUT2D eigenvalue weighted by molar-refractivity contribution is 5.95. The summed E-state index contributed by atoms with van der Waals surface area (Å²) in [6, 6.07) is 3.95.